The van der Waals surface area contributed by atoms with E-state index in [0.717, 1.165) is 16.8 Å². The highest BCUT2D eigenvalue weighted by Crippen LogP contribution is 2.29. The van der Waals surface area contributed by atoms with Crippen LogP contribution in [-0.4, -0.2) is 24.6 Å². The van der Waals surface area contributed by atoms with Crippen LogP contribution < -0.4 is 5.73 Å². The molecule has 110 valence electrons. The predicted molar refractivity (Wildman–Crippen MR) is 81.9 cm³/mol. The van der Waals surface area contributed by atoms with Gasteiger partial charge in [-0.05, 0) is 24.1 Å². The summed E-state index contributed by atoms with van der Waals surface area (Å²) >= 11 is 0. The molecule has 1 unspecified atom stereocenters. The van der Waals surface area contributed by atoms with Gasteiger partial charge in [0.25, 0.3) is 0 Å². The largest absolute Gasteiger partial charge is 0.468 e. The first-order chi connectivity index (χ1) is 10.1. The smallest absolute Gasteiger partial charge is 0.317 e. The van der Waals surface area contributed by atoms with E-state index in [9.17, 15) is 4.79 Å². The minimum absolute atomic E-state index is 0.166. The van der Waals surface area contributed by atoms with Gasteiger partial charge >= 0.3 is 5.97 Å². The van der Waals surface area contributed by atoms with Gasteiger partial charge in [-0.25, -0.2) is 0 Å². The number of benzene rings is 1. The van der Waals surface area contributed by atoms with Crippen molar-refractivity contribution >= 4 is 5.97 Å². The number of pyridine rings is 1. The minimum atomic E-state index is -0.908. The average molecular weight is 284 g/mol. The van der Waals surface area contributed by atoms with Gasteiger partial charge < -0.3 is 10.5 Å². The molecule has 0 aliphatic rings. The number of hydrogen-bond acceptors (Lipinski definition) is 4. The molecule has 0 radical (unpaired) electrons. The molecular formula is C17H20N2O2. The van der Waals surface area contributed by atoms with Crippen LogP contribution in [0.4, 0.5) is 0 Å². The number of carbonyl (C=O) groups excluding carboxylic acids is 1. The number of esters is 1. The molecule has 0 amide bonds. The summed E-state index contributed by atoms with van der Waals surface area (Å²) < 4.78 is 5.03. The van der Waals surface area contributed by atoms with Gasteiger partial charge in [0.15, 0.2) is 0 Å². The van der Waals surface area contributed by atoms with Crippen molar-refractivity contribution in [3.63, 3.8) is 0 Å². The van der Waals surface area contributed by atoms with Gasteiger partial charge in [-0.1, -0.05) is 36.4 Å². The van der Waals surface area contributed by atoms with E-state index < -0.39 is 5.41 Å². The summed E-state index contributed by atoms with van der Waals surface area (Å²) in [5.41, 5.74) is 7.82. The molecule has 1 aromatic heterocycles. The Morgan fingerprint density at radius 3 is 2.52 bits per heavy atom. The predicted octanol–water partition coefficient (Wildman–Crippen LogP) is 2.00. The van der Waals surface area contributed by atoms with Gasteiger partial charge in [0.2, 0.25) is 0 Å². The third-order valence-corrected chi connectivity index (χ3v) is 3.84. The lowest BCUT2D eigenvalue weighted by molar-refractivity contribution is -0.147. The first-order valence-electron chi connectivity index (χ1n) is 6.88. The molecule has 1 atom stereocenters. The first-order valence-corrected chi connectivity index (χ1v) is 6.88. The van der Waals surface area contributed by atoms with Crippen LogP contribution in [0.3, 0.4) is 0 Å². The van der Waals surface area contributed by atoms with Crippen molar-refractivity contribution in [1.29, 1.82) is 0 Å². The molecule has 1 heterocycles. The topological polar surface area (TPSA) is 65.2 Å². The van der Waals surface area contributed by atoms with Crippen molar-refractivity contribution in [2.75, 3.05) is 13.7 Å². The zero-order valence-electron chi connectivity index (χ0n) is 12.4. The average Bonchev–Trinajstić information content (AvgIpc) is 2.54. The number of carbonyl (C=O) groups is 1. The summed E-state index contributed by atoms with van der Waals surface area (Å²) in [7, 11) is 1.39. The first kappa shape index (κ1) is 15.2. The van der Waals surface area contributed by atoms with Gasteiger partial charge in [-0.2, -0.15) is 0 Å². The molecule has 4 nitrogen and oxygen atoms in total. The van der Waals surface area contributed by atoms with E-state index in [4.69, 9.17) is 10.5 Å². The normalized spacial score (nSPS) is 13.5. The Morgan fingerprint density at radius 1 is 1.24 bits per heavy atom. The van der Waals surface area contributed by atoms with Gasteiger partial charge in [0, 0.05) is 24.9 Å². The van der Waals surface area contributed by atoms with Crippen LogP contribution in [0.2, 0.25) is 0 Å². The van der Waals surface area contributed by atoms with Crippen LogP contribution in [0.15, 0.2) is 48.7 Å². The molecule has 0 aliphatic carbocycles. The third-order valence-electron chi connectivity index (χ3n) is 3.84. The number of nitrogens with two attached hydrogens (primary N) is 1. The fourth-order valence-corrected chi connectivity index (χ4v) is 2.51. The Kier molecular flexibility index (Phi) is 4.70. The van der Waals surface area contributed by atoms with Gasteiger partial charge in [-0.15, -0.1) is 0 Å². The Bertz CT molecular complexity index is 613. The van der Waals surface area contributed by atoms with Crippen LogP contribution in [-0.2, 0) is 21.4 Å². The summed E-state index contributed by atoms with van der Waals surface area (Å²) in [6, 6.07) is 13.4. The molecule has 0 saturated carbocycles. The quantitative estimate of drug-likeness (QED) is 0.853. The van der Waals surface area contributed by atoms with Crippen molar-refractivity contribution in [3.8, 4) is 0 Å². The second kappa shape index (κ2) is 6.50. The molecule has 1 aromatic carbocycles. The molecule has 4 heteroatoms. The van der Waals surface area contributed by atoms with E-state index in [1.807, 2.05) is 49.4 Å². The highest BCUT2D eigenvalue weighted by molar-refractivity contribution is 5.84. The van der Waals surface area contributed by atoms with Gasteiger partial charge in [0.05, 0.1) is 7.11 Å². The van der Waals surface area contributed by atoms with E-state index in [2.05, 4.69) is 4.98 Å². The lowest BCUT2D eigenvalue weighted by atomic mass is 9.76. The van der Waals surface area contributed by atoms with Gasteiger partial charge in [-0.3, -0.25) is 9.78 Å². The second-order valence-corrected chi connectivity index (χ2v) is 5.09. The molecule has 0 saturated heterocycles. The summed E-state index contributed by atoms with van der Waals surface area (Å²) in [6.45, 7) is 2.14. The van der Waals surface area contributed by atoms with Crippen LogP contribution in [0.5, 0.6) is 0 Å². The lowest BCUT2D eigenvalue weighted by Crippen LogP contribution is -2.46. The SMILES string of the molecule is COC(=O)C(CN)(Cc1ncccc1C)c1ccccc1. The molecule has 0 fully saturated rings. The zero-order valence-corrected chi connectivity index (χ0v) is 12.4. The molecule has 0 spiro atoms. The molecule has 2 rings (SSSR count). The summed E-state index contributed by atoms with van der Waals surface area (Å²) in [4.78, 5) is 16.8. The summed E-state index contributed by atoms with van der Waals surface area (Å²) in [5.74, 6) is -0.332. The van der Waals surface area contributed by atoms with Crippen molar-refractivity contribution in [1.82, 2.24) is 4.98 Å². The van der Waals surface area contributed by atoms with Crippen molar-refractivity contribution in [3.05, 3.63) is 65.5 Å². The van der Waals surface area contributed by atoms with E-state index in [1.54, 1.807) is 6.20 Å². The van der Waals surface area contributed by atoms with Crippen LogP contribution >= 0.6 is 0 Å². The highest BCUT2D eigenvalue weighted by Gasteiger charge is 2.41. The number of methoxy groups -OCH3 is 1. The maximum absolute atomic E-state index is 12.5. The zero-order chi connectivity index (χ0) is 15.3. The lowest BCUT2D eigenvalue weighted by Gasteiger charge is -2.30. The van der Waals surface area contributed by atoms with Crippen molar-refractivity contribution in [2.45, 2.75) is 18.8 Å². The van der Waals surface area contributed by atoms with E-state index in [1.165, 1.54) is 7.11 Å². The number of hydrogen-bond donors (Lipinski definition) is 1. The molecule has 0 aliphatic heterocycles. The Hall–Kier alpha value is -2.20. The Labute approximate surface area is 125 Å². The third kappa shape index (κ3) is 2.95. The molecule has 2 N–H and O–H groups in total. The number of nitrogens with zero attached hydrogens (tertiary/aromatic N) is 1. The number of aryl methyl sites for hydroxylation is 1. The summed E-state index contributed by atoms with van der Waals surface area (Å²) in [6.07, 6.45) is 2.15. The standard InChI is InChI=1S/C17H20N2O2/c1-13-7-6-10-19-15(13)11-17(12-18,16(20)21-2)14-8-4-3-5-9-14/h3-10H,11-12,18H2,1-2H3. The van der Waals surface area contributed by atoms with Crippen LogP contribution in [0.1, 0.15) is 16.8 Å². The van der Waals surface area contributed by atoms with Crippen molar-refractivity contribution in [2.24, 2.45) is 5.73 Å². The molecule has 2 aromatic rings. The van der Waals surface area contributed by atoms with Crippen molar-refractivity contribution < 1.29 is 9.53 Å². The maximum Gasteiger partial charge on any atom is 0.317 e. The molecular weight excluding hydrogens is 264 g/mol. The number of aromatic nitrogens is 1. The molecule has 21 heavy (non-hydrogen) atoms. The number of rotatable bonds is 5. The molecule has 0 bridgehead atoms. The Balaban J connectivity index is 2.51. The minimum Gasteiger partial charge on any atom is -0.468 e. The van der Waals surface area contributed by atoms with Crippen LogP contribution in [0.25, 0.3) is 0 Å². The fourth-order valence-electron chi connectivity index (χ4n) is 2.51. The second-order valence-electron chi connectivity index (χ2n) is 5.09. The summed E-state index contributed by atoms with van der Waals surface area (Å²) in [5, 5.41) is 0. The highest BCUT2D eigenvalue weighted by atomic mass is 16.5. The van der Waals surface area contributed by atoms with E-state index in [0.29, 0.717) is 6.42 Å². The maximum atomic E-state index is 12.5. The Morgan fingerprint density at radius 2 is 1.95 bits per heavy atom. The monoisotopic (exact) mass is 284 g/mol. The fraction of sp³-hybridized carbons (Fsp3) is 0.294. The van der Waals surface area contributed by atoms with E-state index >= 15 is 0 Å². The van der Waals surface area contributed by atoms with Crippen LogP contribution in [0, 0.1) is 6.92 Å². The number of ether oxygens (including phenoxy) is 1. The van der Waals surface area contributed by atoms with Gasteiger partial charge in [0.1, 0.15) is 5.41 Å². The van der Waals surface area contributed by atoms with E-state index in [-0.39, 0.29) is 12.5 Å².